The van der Waals surface area contributed by atoms with Crippen molar-refractivity contribution in [2.45, 2.75) is 19.1 Å². The van der Waals surface area contributed by atoms with E-state index in [4.69, 9.17) is 8.83 Å². The predicted octanol–water partition coefficient (Wildman–Crippen LogP) is 2.60. The summed E-state index contributed by atoms with van der Waals surface area (Å²) in [7, 11) is 0. The Morgan fingerprint density at radius 1 is 1.28 bits per heavy atom. The van der Waals surface area contributed by atoms with Crippen molar-refractivity contribution in [3.05, 3.63) is 54.4 Å². The molecular formula is C14H17NO3. The number of hydrogen-bond acceptors (Lipinski definition) is 4. The van der Waals surface area contributed by atoms with Gasteiger partial charge in [-0.3, -0.25) is 0 Å². The van der Waals surface area contributed by atoms with Gasteiger partial charge in [0.1, 0.15) is 17.6 Å². The van der Waals surface area contributed by atoms with E-state index in [0.29, 0.717) is 12.3 Å². The van der Waals surface area contributed by atoms with E-state index in [1.807, 2.05) is 31.2 Å². The predicted molar refractivity (Wildman–Crippen MR) is 68.9 cm³/mol. The number of hydrogen-bond donors (Lipinski definition) is 2. The molecule has 0 amide bonds. The molecule has 2 aromatic rings. The molecule has 0 bridgehead atoms. The molecule has 2 N–H and O–H groups in total. The molecule has 18 heavy (non-hydrogen) atoms. The van der Waals surface area contributed by atoms with Crippen LogP contribution in [0.15, 0.2) is 51.7 Å². The van der Waals surface area contributed by atoms with E-state index in [-0.39, 0.29) is 6.04 Å². The third-order valence-electron chi connectivity index (χ3n) is 2.60. The van der Waals surface area contributed by atoms with Gasteiger partial charge in [0, 0.05) is 12.6 Å². The van der Waals surface area contributed by atoms with Crippen LogP contribution in [0.3, 0.4) is 0 Å². The Kier molecular flexibility index (Phi) is 4.39. The van der Waals surface area contributed by atoms with Crippen molar-refractivity contribution >= 4 is 6.08 Å². The first-order valence-corrected chi connectivity index (χ1v) is 5.92. The zero-order valence-electron chi connectivity index (χ0n) is 10.2. The lowest BCUT2D eigenvalue weighted by Gasteiger charge is -2.12. The van der Waals surface area contributed by atoms with Gasteiger partial charge in [-0.2, -0.15) is 0 Å². The molecule has 4 heteroatoms. The molecule has 0 aliphatic rings. The summed E-state index contributed by atoms with van der Waals surface area (Å²) in [6.07, 6.45) is 6.45. The fourth-order valence-electron chi connectivity index (χ4n) is 1.57. The van der Waals surface area contributed by atoms with Gasteiger partial charge >= 0.3 is 0 Å². The summed E-state index contributed by atoms with van der Waals surface area (Å²) in [5, 5.41) is 13.0. The molecule has 0 saturated carbocycles. The smallest absolute Gasteiger partial charge is 0.133 e. The second kappa shape index (κ2) is 6.23. The van der Waals surface area contributed by atoms with Gasteiger partial charge in [0.2, 0.25) is 0 Å². The highest BCUT2D eigenvalue weighted by atomic mass is 16.4. The molecule has 2 heterocycles. The van der Waals surface area contributed by atoms with Crippen molar-refractivity contribution in [2.75, 3.05) is 6.54 Å². The Hall–Kier alpha value is -1.78. The van der Waals surface area contributed by atoms with Crippen LogP contribution in [0.4, 0.5) is 0 Å². The number of furan rings is 2. The van der Waals surface area contributed by atoms with Crippen LogP contribution in [0.25, 0.3) is 6.08 Å². The van der Waals surface area contributed by atoms with Crippen LogP contribution in [0, 0.1) is 0 Å². The molecule has 2 aromatic heterocycles. The molecule has 0 aliphatic carbocycles. The second-order valence-electron chi connectivity index (χ2n) is 4.10. The highest BCUT2D eigenvalue weighted by molar-refractivity contribution is 5.42. The molecule has 2 atom stereocenters. The second-order valence-corrected chi connectivity index (χ2v) is 4.10. The third-order valence-corrected chi connectivity index (χ3v) is 2.60. The summed E-state index contributed by atoms with van der Waals surface area (Å²) in [4.78, 5) is 0. The summed E-state index contributed by atoms with van der Waals surface area (Å²) in [5.74, 6) is 1.39. The van der Waals surface area contributed by atoms with Crippen LogP contribution in [0.2, 0.25) is 0 Å². The monoisotopic (exact) mass is 247 g/mol. The van der Waals surface area contributed by atoms with E-state index in [2.05, 4.69) is 5.32 Å². The first kappa shape index (κ1) is 12.7. The zero-order chi connectivity index (χ0) is 12.8. The van der Waals surface area contributed by atoms with Crippen molar-refractivity contribution in [3.8, 4) is 0 Å². The average molecular weight is 247 g/mol. The highest BCUT2D eigenvalue weighted by Gasteiger charge is 2.10. The molecule has 2 rings (SSSR count). The molecule has 4 nitrogen and oxygen atoms in total. The quantitative estimate of drug-likeness (QED) is 0.823. The molecule has 0 radical (unpaired) electrons. The van der Waals surface area contributed by atoms with Crippen LogP contribution < -0.4 is 5.32 Å². The maximum Gasteiger partial charge on any atom is 0.133 e. The number of aliphatic hydroxyl groups is 1. The Bertz CT molecular complexity index is 459. The molecule has 0 spiro atoms. The van der Waals surface area contributed by atoms with Gasteiger partial charge < -0.3 is 19.3 Å². The fourth-order valence-corrected chi connectivity index (χ4v) is 1.57. The SMILES string of the molecule is CC(/C=C/c1ccco1)NCC(O)c1ccco1. The summed E-state index contributed by atoms with van der Waals surface area (Å²) >= 11 is 0. The van der Waals surface area contributed by atoms with Crippen molar-refractivity contribution in [2.24, 2.45) is 0 Å². The molecule has 2 unspecified atom stereocenters. The van der Waals surface area contributed by atoms with Gasteiger partial charge in [0.15, 0.2) is 0 Å². The van der Waals surface area contributed by atoms with E-state index >= 15 is 0 Å². The van der Waals surface area contributed by atoms with Crippen LogP contribution in [-0.2, 0) is 0 Å². The maximum absolute atomic E-state index is 9.81. The Balaban J connectivity index is 1.76. The average Bonchev–Trinajstić information content (AvgIpc) is 3.05. The van der Waals surface area contributed by atoms with Crippen molar-refractivity contribution in [1.82, 2.24) is 5.32 Å². The highest BCUT2D eigenvalue weighted by Crippen LogP contribution is 2.12. The number of nitrogens with one attached hydrogen (secondary N) is 1. The van der Waals surface area contributed by atoms with E-state index in [0.717, 1.165) is 5.76 Å². The standard InChI is InChI=1S/C14H17NO3/c1-11(6-7-12-4-2-8-17-12)15-10-13(16)14-5-3-9-18-14/h2-9,11,13,15-16H,10H2,1H3/b7-6+. The Morgan fingerprint density at radius 2 is 2.06 bits per heavy atom. The van der Waals surface area contributed by atoms with E-state index < -0.39 is 6.10 Å². The summed E-state index contributed by atoms with van der Waals surface area (Å²) < 4.78 is 10.3. The van der Waals surface area contributed by atoms with Crippen molar-refractivity contribution < 1.29 is 13.9 Å². The van der Waals surface area contributed by atoms with Crippen molar-refractivity contribution in [3.63, 3.8) is 0 Å². The lowest BCUT2D eigenvalue weighted by Crippen LogP contribution is -2.28. The van der Waals surface area contributed by atoms with Crippen molar-refractivity contribution in [1.29, 1.82) is 0 Å². The maximum atomic E-state index is 9.81. The van der Waals surface area contributed by atoms with Gasteiger partial charge in [-0.05, 0) is 37.3 Å². The number of aliphatic hydroxyl groups excluding tert-OH is 1. The minimum Gasteiger partial charge on any atom is -0.467 e. The van der Waals surface area contributed by atoms with E-state index in [1.165, 1.54) is 0 Å². The van der Waals surface area contributed by atoms with Gasteiger partial charge in [-0.15, -0.1) is 0 Å². The lowest BCUT2D eigenvalue weighted by atomic mass is 10.2. The summed E-state index contributed by atoms with van der Waals surface area (Å²) in [6, 6.07) is 7.40. The van der Waals surface area contributed by atoms with Gasteiger partial charge in [0.05, 0.1) is 12.5 Å². The molecule has 0 fully saturated rings. The first-order chi connectivity index (χ1) is 8.75. The zero-order valence-corrected chi connectivity index (χ0v) is 10.2. The van der Waals surface area contributed by atoms with Crippen LogP contribution in [-0.4, -0.2) is 17.7 Å². The molecule has 0 aliphatic heterocycles. The first-order valence-electron chi connectivity index (χ1n) is 5.92. The minimum atomic E-state index is -0.625. The molecule has 96 valence electrons. The van der Waals surface area contributed by atoms with E-state index in [1.54, 1.807) is 24.7 Å². The van der Waals surface area contributed by atoms with Gasteiger partial charge in [0.25, 0.3) is 0 Å². The van der Waals surface area contributed by atoms with Crippen LogP contribution in [0.1, 0.15) is 24.5 Å². The Labute approximate surface area is 106 Å². The topological polar surface area (TPSA) is 58.5 Å². The van der Waals surface area contributed by atoms with Gasteiger partial charge in [-0.1, -0.05) is 6.08 Å². The molecule has 0 aromatic carbocycles. The minimum absolute atomic E-state index is 0.139. The summed E-state index contributed by atoms with van der Waals surface area (Å²) in [5.41, 5.74) is 0. The normalized spacial score (nSPS) is 15.0. The third kappa shape index (κ3) is 3.61. The van der Waals surface area contributed by atoms with Crippen LogP contribution >= 0.6 is 0 Å². The number of rotatable bonds is 6. The largest absolute Gasteiger partial charge is 0.467 e. The molecule has 0 saturated heterocycles. The summed E-state index contributed by atoms with van der Waals surface area (Å²) in [6.45, 7) is 2.45. The molecular weight excluding hydrogens is 230 g/mol. The fraction of sp³-hybridized carbons (Fsp3) is 0.286. The van der Waals surface area contributed by atoms with Crippen LogP contribution in [0.5, 0.6) is 0 Å². The lowest BCUT2D eigenvalue weighted by molar-refractivity contribution is 0.146. The Morgan fingerprint density at radius 3 is 2.72 bits per heavy atom. The van der Waals surface area contributed by atoms with E-state index in [9.17, 15) is 5.11 Å². The van der Waals surface area contributed by atoms with Gasteiger partial charge in [-0.25, -0.2) is 0 Å².